The normalized spacial score (nSPS) is 17.3. The first-order chi connectivity index (χ1) is 9.16. The van der Waals surface area contributed by atoms with Gasteiger partial charge < -0.3 is 0 Å². The third kappa shape index (κ3) is 1.97. The molecule has 94 valence electrons. The fourth-order valence-electron chi connectivity index (χ4n) is 2.49. The van der Waals surface area contributed by atoms with Gasteiger partial charge in [-0.3, -0.25) is 9.59 Å². The lowest BCUT2D eigenvalue weighted by Crippen LogP contribution is -2.20. The van der Waals surface area contributed by atoms with Crippen LogP contribution in [-0.2, 0) is 6.42 Å². The van der Waals surface area contributed by atoms with Gasteiger partial charge in [-0.15, -0.1) is 0 Å². The maximum Gasteiger partial charge on any atom is 0.174 e. The monoisotopic (exact) mass is 254 g/mol. The molecule has 2 aromatic carbocycles. The summed E-state index contributed by atoms with van der Waals surface area (Å²) in [4.78, 5) is 24.5. The second-order valence-electron chi connectivity index (χ2n) is 4.65. The van der Waals surface area contributed by atoms with Crippen molar-refractivity contribution in [3.63, 3.8) is 0 Å². The first-order valence-corrected chi connectivity index (χ1v) is 6.09. The molecule has 0 aromatic heterocycles. The van der Waals surface area contributed by atoms with E-state index in [0.29, 0.717) is 23.1 Å². The number of fused-ring (bicyclic) bond motifs is 1. The minimum absolute atomic E-state index is 0.192. The Labute approximate surface area is 109 Å². The SMILES string of the molecule is O=C(c1ccccc1)C1Cc2cc(F)ccc2C1=O. The van der Waals surface area contributed by atoms with Crippen molar-refractivity contribution in [2.75, 3.05) is 0 Å². The van der Waals surface area contributed by atoms with Gasteiger partial charge in [0.1, 0.15) is 5.82 Å². The second kappa shape index (κ2) is 4.43. The topological polar surface area (TPSA) is 34.1 Å². The Bertz CT molecular complexity index is 662. The van der Waals surface area contributed by atoms with E-state index in [1.165, 1.54) is 18.2 Å². The average Bonchev–Trinajstić information content (AvgIpc) is 2.75. The van der Waals surface area contributed by atoms with Crippen LogP contribution in [0.1, 0.15) is 26.3 Å². The summed E-state index contributed by atoms with van der Waals surface area (Å²) in [5, 5.41) is 0. The molecule has 0 spiro atoms. The molecular weight excluding hydrogens is 243 g/mol. The van der Waals surface area contributed by atoms with Crippen molar-refractivity contribution in [1.82, 2.24) is 0 Å². The van der Waals surface area contributed by atoms with Crippen molar-refractivity contribution in [3.05, 3.63) is 71.0 Å². The standard InChI is InChI=1S/C16H11FO2/c17-12-6-7-13-11(8-12)9-14(16(13)19)15(18)10-4-2-1-3-5-10/h1-8,14H,9H2. The predicted octanol–water partition coefficient (Wildman–Crippen LogP) is 3.06. The summed E-state index contributed by atoms with van der Waals surface area (Å²) < 4.78 is 13.1. The number of halogens is 1. The van der Waals surface area contributed by atoms with Gasteiger partial charge in [0.15, 0.2) is 11.6 Å². The number of ketones is 2. The van der Waals surface area contributed by atoms with Crippen molar-refractivity contribution in [3.8, 4) is 0 Å². The Morgan fingerprint density at radius 3 is 2.58 bits per heavy atom. The Balaban J connectivity index is 1.94. The smallest absolute Gasteiger partial charge is 0.174 e. The van der Waals surface area contributed by atoms with Crippen molar-refractivity contribution in [2.45, 2.75) is 6.42 Å². The van der Waals surface area contributed by atoms with Crippen LogP contribution in [-0.4, -0.2) is 11.6 Å². The summed E-state index contributed by atoms with van der Waals surface area (Å²) >= 11 is 0. The van der Waals surface area contributed by atoms with Crippen LogP contribution >= 0.6 is 0 Å². The predicted molar refractivity (Wildman–Crippen MR) is 68.7 cm³/mol. The molecule has 0 N–H and O–H groups in total. The lowest BCUT2D eigenvalue weighted by Gasteiger charge is -2.06. The van der Waals surface area contributed by atoms with E-state index in [9.17, 15) is 14.0 Å². The van der Waals surface area contributed by atoms with Crippen LogP contribution in [0.5, 0.6) is 0 Å². The molecule has 1 aliphatic carbocycles. The zero-order chi connectivity index (χ0) is 13.4. The molecule has 0 amide bonds. The lowest BCUT2D eigenvalue weighted by molar-refractivity contribution is 0.0822. The van der Waals surface area contributed by atoms with Crippen LogP contribution in [0.2, 0.25) is 0 Å². The van der Waals surface area contributed by atoms with E-state index in [-0.39, 0.29) is 17.4 Å². The van der Waals surface area contributed by atoms with Crippen LogP contribution in [0.3, 0.4) is 0 Å². The second-order valence-corrected chi connectivity index (χ2v) is 4.65. The molecule has 1 aliphatic rings. The van der Waals surface area contributed by atoms with E-state index in [1.807, 2.05) is 6.07 Å². The van der Waals surface area contributed by atoms with Gasteiger partial charge in [-0.2, -0.15) is 0 Å². The molecule has 0 saturated carbocycles. The summed E-state index contributed by atoms with van der Waals surface area (Å²) in [6, 6.07) is 12.8. The van der Waals surface area contributed by atoms with Crippen LogP contribution in [0.15, 0.2) is 48.5 Å². The fourth-order valence-corrected chi connectivity index (χ4v) is 2.49. The van der Waals surface area contributed by atoms with Gasteiger partial charge in [-0.1, -0.05) is 30.3 Å². The molecule has 1 unspecified atom stereocenters. The van der Waals surface area contributed by atoms with Gasteiger partial charge in [0.2, 0.25) is 0 Å². The van der Waals surface area contributed by atoms with Crippen molar-refractivity contribution < 1.29 is 14.0 Å². The number of hydrogen-bond donors (Lipinski definition) is 0. The Morgan fingerprint density at radius 2 is 1.84 bits per heavy atom. The average molecular weight is 254 g/mol. The molecule has 19 heavy (non-hydrogen) atoms. The molecule has 0 bridgehead atoms. The minimum Gasteiger partial charge on any atom is -0.293 e. The zero-order valence-corrected chi connectivity index (χ0v) is 10.1. The third-order valence-electron chi connectivity index (χ3n) is 3.45. The molecule has 0 radical (unpaired) electrons. The van der Waals surface area contributed by atoms with E-state index in [4.69, 9.17) is 0 Å². The van der Waals surface area contributed by atoms with Gasteiger partial charge in [0, 0.05) is 11.1 Å². The molecule has 1 atom stereocenters. The highest BCUT2D eigenvalue weighted by atomic mass is 19.1. The first-order valence-electron chi connectivity index (χ1n) is 6.09. The molecule has 2 aromatic rings. The number of Topliss-reactive ketones (excluding diaryl/α,β-unsaturated/α-hetero) is 2. The van der Waals surface area contributed by atoms with Crippen molar-refractivity contribution in [2.24, 2.45) is 5.92 Å². The maximum absolute atomic E-state index is 13.1. The maximum atomic E-state index is 13.1. The molecule has 0 fully saturated rings. The zero-order valence-electron chi connectivity index (χ0n) is 10.1. The van der Waals surface area contributed by atoms with Gasteiger partial charge in [0.25, 0.3) is 0 Å². The molecule has 2 nitrogen and oxygen atoms in total. The van der Waals surface area contributed by atoms with Gasteiger partial charge >= 0.3 is 0 Å². The number of rotatable bonds is 2. The van der Waals surface area contributed by atoms with Crippen molar-refractivity contribution in [1.29, 1.82) is 0 Å². The first kappa shape index (κ1) is 11.8. The summed E-state index contributed by atoms with van der Waals surface area (Å²) in [5.74, 6) is -1.48. The van der Waals surface area contributed by atoms with E-state index in [2.05, 4.69) is 0 Å². The lowest BCUT2D eigenvalue weighted by atomic mass is 9.94. The van der Waals surface area contributed by atoms with Crippen LogP contribution in [0.4, 0.5) is 4.39 Å². The summed E-state index contributed by atoms with van der Waals surface area (Å²) in [6.07, 6.45) is 0.291. The quantitative estimate of drug-likeness (QED) is 0.609. The van der Waals surface area contributed by atoms with Crippen LogP contribution in [0, 0.1) is 11.7 Å². The van der Waals surface area contributed by atoms with Crippen molar-refractivity contribution >= 4 is 11.6 Å². The number of carbonyl (C=O) groups is 2. The number of hydrogen-bond acceptors (Lipinski definition) is 2. The largest absolute Gasteiger partial charge is 0.293 e. The van der Waals surface area contributed by atoms with E-state index < -0.39 is 5.92 Å². The molecule has 3 heteroatoms. The number of benzene rings is 2. The highest BCUT2D eigenvalue weighted by Crippen LogP contribution is 2.29. The number of carbonyl (C=O) groups excluding carboxylic acids is 2. The molecular formula is C16H11FO2. The molecule has 0 aliphatic heterocycles. The molecule has 0 saturated heterocycles. The fraction of sp³-hybridized carbons (Fsp3) is 0.125. The Morgan fingerprint density at radius 1 is 1.11 bits per heavy atom. The van der Waals surface area contributed by atoms with Crippen LogP contribution < -0.4 is 0 Å². The van der Waals surface area contributed by atoms with Gasteiger partial charge in [0.05, 0.1) is 5.92 Å². The van der Waals surface area contributed by atoms with Crippen LogP contribution in [0.25, 0.3) is 0 Å². The minimum atomic E-state index is -0.709. The van der Waals surface area contributed by atoms with Gasteiger partial charge in [-0.05, 0) is 30.2 Å². The summed E-state index contributed by atoms with van der Waals surface area (Å²) in [7, 11) is 0. The highest BCUT2D eigenvalue weighted by Gasteiger charge is 2.36. The van der Waals surface area contributed by atoms with E-state index in [1.54, 1.807) is 24.3 Å². The van der Waals surface area contributed by atoms with E-state index >= 15 is 0 Å². The summed E-state index contributed by atoms with van der Waals surface area (Å²) in [6.45, 7) is 0. The van der Waals surface area contributed by atoms with Gasteiger partial charge in [-0.25, -0.2) is 4.39 Å². The Hall–Kier alpha value is -2.29. The molecule has 0 heterocycles. The Kier molecular flexibility index (Phi) is 2.75. The highest BCUT2D eigenvalue weighted by molar-refractivity contribution is 6.18. The van der Waals surface area contributed by atoms with E-state index in [0.717, 1.165) is 0 Å². The third-order valence-corrected chi connectivity index (χ3v) is 3.45. The molecule has 3 rings (SSSR count). The summed E-state index contributed by atoms with van der Waals surface area (Å²) in [5.41, 5.74) is 1.61.